The molecule has 0 saturated heterocycles. The molecular formula is C19H21N3O3. The number of carbonyl (C=O) groups is 1. The van der Waals surface area contributed by atoms with E-state index in [0.29, 0.717) is 24.9 Å². The van der Waals surface area contributed by atoms with Gasteiger partial charge in [-0.15, -0.1) is 0 Å². The van der Waals surface area contributed by atoms with Gasteiger partial charge in [-0.25, -0.2) is 4.98 Å². The average Bonchev–Trinajstić information content (AvgIpc) is 3.46. The normalized spacial score (nSPS) is 19.4. The zero-order chi connectivity index (χ0) is 17.2. The van der Waals surface area contributed by atoms with Crippen LogP contribution in [0.1, 0.15) is 46.9 Å². The lowest BCUT2D eigenvalue weighted by Crippen LogP contribution is -2.34. The van der Waals surface area contributed by atoms with Gasteiger partial charge in [-0.1, -0.05) is 18.2 Å². The molecule has 2 aliphatic rings. The lowest BCUT2D eigenvalue weighted by atomic mass is 9.97. The van der Waals surface area contributed by atoms with Gasteiger partial charge in [-0.05, 0) is 43.2 Å². The van der Waals surface area contributed by atoms with Crippen LogP contribution in [0.3, 0.4) is 0 Å². The summed E-state index contributed by atoms with van der Waals surface area (Å²) in [7, 11) is 0. The van der Waals surface area contributed by atoms with Crippen LogP contribution < -0.4 is 15.6 Å². The number of nitrogens with zero attached hydrogens (tertiary/aromatic N) is 1. The first-order chi connectivity index (χ1) is 12.2. The smallest absolute Gasteiger partial charge is 0.263 e. The molecule has 1 atom stereocenters. The van der Waals surface area contributed by atoms with Gasteiger partial charge in [-0.2, -0.15) is 0 Å². The van der Waals surface area contributed by atoms with Crippen molar-refractivity contribution in [1.29, 1.82) is 0 Å². The number of amides is 1. The Labute approximate surface area is 145 Å². The van der Waals surface area contributed by atoms with E-state index in [-0.39, 0.29) is 22.9 Å². The van der Waals surface area contributed by atoms with E-state index >= 15 is 0 Å². The van der Waals surface area contributed by atoms with E-state index in [1.165, 1.54) is 6.20 Å². The second-order valence-corrected chi connectivity index (χ2v) is 6.81. The fourth-order valence-electron chi connectivity index (χ4n) is 3.20. The Hall–Kier alpha value is -2.63. The summed E-state index contributed by atoms with van der Waals surface area (Å²) in [6, 6.07) is 7.99. The Morgan fingerprint density at radius 2 is 2.12 bits per heavy atom. The van der Waals surface area contributed by atoms with Gasteiger partial charge in [0, 0.05) is 18.7 Å². The van der Waals surface area contributed by atoms with Gasteiger partial charge in [0.25, 0.3) is 11.5 Å². The number of benzene rings is 1. The maximum Gasteiger partial charge on any atom is 0.263 e. The van der Waals surface area contributed by atoms with Crippen molar-refractivity contribution >= 4 is 5.91 Å². The number of fused-ring (bicyclic) bond motifs is 1. The molecular weight excluding hydrogens is 318 g/mol. The number of nitrogens with one attached hydrogen (secondary N) is 2. The van der Waals surface area contributed by atoms with E-state index in [1.54, 1.807) is 0 Å². The minimum absolute atomic E-state index is 0.0784. The molecule has 6 nitrogen and oxygen atoms in total. The first-order valence-corrected chi connectivity index (χ1v) is 8.79. The van der Waals surface area contributed by atoms with Gasteiger partial charge >= 0.3 is 0 Å². The predicted molar refractivity (Wildman–Crippen MR) is 92.9 cm³/mol. The van der Waals surface area contributed by atoms with E-state index in [4.69, 9.17) is 4.74 Å². The van der Waals surface area contributed by atoms with E-state index in [0.717, 1.165) is 37.0 Å². The van der Waals surface area contributed by atoms with Crippen LogP contribution in [0.15, 0.2) is 35.3 Å². The van der Waals surface area contributed by atoms with Crippen LogP contribution in [-0.4, -0.2) is 29.0 Å². The minimum Gasteiger partial charge on any atom is -0.493 e. The molecule has 1 aliphatic heterocycles. The van der Waals surface area contributed by atoms with Crippen LogP contribution in [0.4, 0.5) is 0 Å². The summed E-state index contributed by atoms with van der Waals surface area (Å²) in [6.07, 6.45) is 5.22. The van der Waals surface area contributed by atoms with Crippen LogP contribution in [0.25, 0.3) is 0 Å². The van der Waals surface area contributed by atoms with Crippen molar-refractivity contribution in [2.24, 2.45) is 5.92 Å². The van der Waals surface area contributed by atoms with Crippen molar-refractivity contribution in [2.75, 3.05) is 13.2 Å². The summed E-state index contributed by atoms with van der Waals surface area (Å²) in [5, 5.41) is 2.88. The highest BCUT2D eigenvalue weighted by Gasteiger charge is 2.27. The Morgan fingerprint density at radius 1 is 1.28 bits per heavy atom. The molecule has 0 spiro atoms. The molecule has 6 heteroatoms. The molecule has 2 aromatic rings. The van der Waals surface area contributed by atoms with Gasteiger partial charge in [-0.3, -0.25) is 9.59 Å². The number of para-hydroxylation sites is 1. The van der Waals surface area contributed by atoms with Crippen LogP contribution in [0.2, 0.25) is 0 Å². The summed E-state index contributed by atoms with van der Waals surface area (Å²) in [4.78, 5) is 31.4. The predicted octanol–water partition coefficient (Wildman–Crippen LogP) is 2.02. The lowest BCUT2D eigenvalue weighted by Gasteiger charge is -2.14. The standard InChI is InChI=1S/C19H21N3O3/c23-18(15-11-20-17(13-5-6-13)22-19(15)24)21-10-12-7-8-25-16-4-2-1-3-14(16)9-12/h1-4,11-13H,5-10H2,(H,21,23)(H,20,22,24). The topological polar surface area (TPSA) is 84.1 Å². The SMILES string of the molecule is O=C(NCC1CCOc2ccccc2C1)c1cnc(C2CC2)[nH]c1=O. The number of aromatic amines is 1. The molecule has 25 heavy (non-hydrogen) atoms. The van der Waals surface area contributed by atoms with Crippen molar-refractivity contribution < 1.29 is 9.53 Å². The van der Waals surface area contributed by atoms with Crippen LogP contribution in [0, 0.1) is 5.92 Å². The van der Waals surface area contributed by atoms with Gasteiger partial charge < -0.3 is 15.0 Å². The lowest BCUT2D eigenvalue weighted by molar-refractivity contribution is 0.0943. The third-order valence-corrected chi connectivity index (χ3v) is 4.84. The molecule has 1 amide bonds. The van der Waals surface area contributed by atoms with Crippen LogP contribution in [-0.2, 0) is 6.42 Å². The second-order valence-electron chi connectivity index (χ2n) is 6.81. The van der Waals surface area contributed by atoms with Crippen molar-refractivity contribution in [3.63, 3.8) is 0 Å². The Morgan fingerprint density at radius 3 is 2.92 bits per heavy atom. The number of aromatic nitrogens is 2. The Bertz CT molecular complexity index is 842. The highest BCUT2D eigenvalue weighted by Crippen LogP contribution is 2.37. The van der Waals surface area contributed by atoms with Crippen molar-refractivity contribution in [3.05, 3.63) is 57.8 Å². The first kappa shape index (κ1) is 15.9. The maximum atomic E-state index is 12.3. The third-order valence-electron chi connectivity index (χ3n) is 4.84. The minimum atomic E-state index is -0.366. The number of H-pyrrole nitrogens is 1. The molecule has 1 unspecified atom stereocenters. The van der Waals surface area contributed by atoms with Gasteiger partial charge in [0.1, 0.15) is 17.1 Å². The van der Waals surface area contributed by atoms with Crippen molar-refractivity contribution in [3.8, 4) is 5.75 Å². The molecule has 130 valence electrons. The van der Waals surface area contributed by atoms with E-state index in [9.17, 15) is 9.59 Å². The fraction of sp³-hybridized carbons (Fsp3) is 0.421. The molecule has 2 N–H and O–H groups in total. The molecule has 1 aliphatic carbocycles. The first-order valence-electron chi connectivity index (χ1n) is 8.79. The van der Waals surface area contributed by atoms with E-state index in [2.05, 4.69) is 21.4 Å². The van der Waals surface area contributed by atoms with E-state index in [1.807, 2.05) is 18.2 Å². The largest absolute Gasteiger partial charge is 0.493 e. The fourth-order valence-corrected chi connectivity index (χ4v) is 3.20. The zero-order valence-corrected chi connectivity index (χ0v) is 14.0. The monoisotopic (exact) mass is 339 g/mol. The maximum absolute atomic E-state index is 12.3. The number of rotatable bonds is 4. The van der Waals surface area contributed by atoms with Crippen molar-refractivity contribution in [2.45, 2.75) is 31.6 Å². The summed E-state index contributed by atoms with van der Waals surface area (Å²) in [6.45, 7) is 1.15. The summed E-state index contributed by atoms with van der Waals surface area (Å²) < 4.78 is 5.75. The van der Waals surface area contributed by atoms with Gasteiger partial charge in [0.2, 0.25) is 0 Å². The van der Waals surface area contributed by atoms with Gasteiger partial charge in [0.05, 0.1) is 6.61 Å². The quantitative estimate of drug-likeness (QED) is 0.892. The average molecular weight is 339 g/mol. The molecule has 4 rings (SSSR count). The molecule has 1 aromatic heterocycles. The van der Waals surface area contributed by atoms with Crippen molar-refractivity contribution in [1.82, 2.24) is 15.3 Å². The van der Waals surface area contributed by atoms with Crippen LogP contribution >= 0.6 is 0 Å². The number of ether oxygens (including phenoxy) is 1. The highest BCUT2D eigenvalue weighted by molar-refractivity contribution is 5.93. The third kappa shape index (κ3) is 3.57. The summed E-state index contributed by atoms with van der Waals surface area (Å²) in [5.74, 6) is 1.89. The molecule has 1 aromatic carbocycles. The Balaban J connectivity index is 1.39. The van der Waals surface area contributed by atoms with Gasteiger partial charge in [0.15, 0.2) is 0 Å². The molecule has 0 bridgehead atoms. The van der Waals surface area contributed by atoms with E-state index < -0.39 is 0 Å². The second kappa shape index (κ2) is 6.70. The number of hydrogen-bond acceptors (Lipinski definition) is 4. The number of hydrogen-bond donors (Lipinski definition) is 2. The Kier molecular flexibility index (Phi) is 4.26. The number of carbonyl (C=O) groups excluding carboxylic acids is 1. The molecule has 0 radical (unpaired) electrons. The molecule has 1 fully saturated rings. The zero-order valence-electron chi connectivity index (χ0n) is 14.0. The molecule has 1 saturated carbocycles. The highest BCUT2D eigenvalue weighted by atomic mass is 16.5. The molecule has 2 heterocycles. The summed E-state index contributed by atoms with van der Waals surface area (Å²) >= 11 is 0. The van der Waals surface area contributed by atoms with Crippen LogP contribution in [0.5, 0.6) is 5.75 Å². The summed E-state index contributed by atoms with van der Waals surface area (Å²) in [5.41, 5.74) is 0.881.